The zero-order chi connectivity index (χ0) is 14.1. The van der Waals surface area contributed by atoms with E-state index in [1.807, 2.05) is 36.4 Å². The van der Waals surface area contributed by atoms with Crippen molar-refractivity contribution in [3.8, 4) is 0 Å². The van der Waals surface area contributed by atoms with Crippen LogP contribution < -0.4 is 11.1 Å². The Kier molecular flexibility index (Phi) is 3.16. The number of nitrogens with one attached hydrogen (secondary N) is 1. The van der Waals surface area contributed by atoms with Crippen LogP contribution in [-0.2, 0) is 0 Å². The SMILES string of the molecule is N[C@@H]1C[C@H](c2ccc(C(=O)O)cc2)Nc2ccccc21. The van der Waals surface area contributed by atoms with Crippen molar-refractivity contribution in [1.82, 2.24) is 0 Å². The zero-order valence-corrected chi connectivity index (χ0v) is 10.9. The molecular weight excluding hydrogens is 252 g/mol. The first-order valence-electron chi connectivity index (χ1n) is 6.59. The number of nitrogens with two attached hydrogens (primary N) is 1. The van der Waals surface area contributed by atoms with E-state index in [-0.39, 0.29) is 12.1 Å². The van der Waals surface area contributed by atoms with Crippen molar-refractivity contribution in [3.63, 3.8) is 0 Å². The third kappa shape index (κ3) is 2.26. The van der Waals surface area contributed by atoms with Crippen LogP contribution in [0.25, 0.3) is 0 Å². The molecule has 4 heteroatoms. The van der Waals surface area contributed by atoms with Crippen molar-refractivity contribution in [2.24, 2.45) is 5.73 Å². The summed E-state index contributed by atoms with van der Waals surface area (Å²) in [6.07, 6.45) is 0.795. The minimum atomic E-state index is -0.907. The Morgan fingerprint density at radius 3 is 2.55 bits per heavy atom. The molecule has 0 aliphatic carbocycles. The highest BCUT2D eigenvalue weighted by Crippen LogP contribution is 2.37. The number of fused-ring (bicyclic) bond motifs is 1. The van der Waals surface area contributed by atoms with Crippen molar-refractivity contribution in [3.05, 3.63) is 65.2 Å². The van der Waals surface area contributed by atoms with Crippen LogP contribution in [0.4, 0.5) is 5.69 Å². The van der Waals surface area contributed by atoms with Gasteiger partial charge in [0.05, 0.1) is 11.6 Å². The van der Waals surface area contributed by atoms with E-state index in [1.165, 1.54) is 0 Å². The number of hydrogen-bond acceptors (Lipinski definition) is 3. The van der Waals surface area contributed by atoms with Crippen LogP contribution in [0.1, 0.15) is 40.0 Å². The summed E-state index contributed by atoms with van der Waals surface area (Å²) in [5.74, 6) is -0.907. The lowest BCUT2D eigenvalue weighted by Gasteiger charge is -2.31. The van der Waals surface area contributed by atoms with Gasteiger partial charge in [-0.1, -0.05) is 30.3 Å². The first-order valence-corrected chi connectivity index (χ1v) is 6.59. The van der Waals surface area contributed by atoms with E-state index in [2.05, 4.69) is 5.32 Å². The molecule has 2 aromatic carbocycles. The monoisotopic (exact) mass is 268 g/mol. The van der Waals surface area contributed by atoms with E-state index in [0.717, 1.165) is 23.2 Å². The van der Waals surface area contributed by atoms with Gasteiger partial charge in [0.1, 0.15) is 0 Å². The molecule has 102 valence electrons. The maximum absolute atomic E-state index is 10.9. The van der Waals surface area contributed by atoms with Crippen LogP contribution in [0, 0.1) is 0 Å². The van der Waals surface area contributed by atoms with Gasteiger partial charge in [-0.25, -0.2) is 4.79 Å². The lowest BCUT2D eigenvalue weighted by molar-refractivity contribution is 0.0697. The van der Waals surface area contributed by atoms with Crippen LogP contribution in [0.15, 0.2) is 48.5 Å². The molecule has 0 amide bonds. The quantitative estimate of drug-likeness (QED) is 0.782. The molecule has 0 spiro atoms. The van der Waals surface area contributed by atoms with Gasteiger partial charge < -0.3 is 16.2 Å². The molecule has 1 aliphatic rings. The summed E-state index contributed by atoms with van der Waals surface area (Å²) in [5.41, 5.74) is 9.76. The number of benzene rings is 2. The van der Waals surface area contributed by atoms with E-state index in [4.69, 9.17) is 10.8 Å². The Hall–Kier alpha value is -2.33. The summed E-state index contributed by atoms with van der Waals surface area (Å²) < 4.78 is 0. The third-order valence-electron chi connectivity index (χ3n) is 3.74. The fraction of sp³-hybridized carbons (Fsp3) is 0.188. The molecule has 20 heavy (non-hydrogen) atoms. The molecule has 0 bridgehead atoms. The fourth-order valence-corrected chi connectivity index (χ4v) is 2.66. The summed E-state index contributed by atoms with van der Waals surface area (Å²) >= 11 is 0. The third-order valence-corrected chi connectivity index (χ3v) is 3.74. The molecule has 2 atom stereocenters. The van der Waals surface area contributed by atoms with Gasteiger partial charge in [0.2, 0.25) is 0 Å². The Morgan fingerprint density at radius 1 is 1.15 bits per heavy atom. The second-order valence-corrected chi connectivity index (χ2v) is 5.05. The summed E-state index contributed by atoms with van der Waals surface area (Å²) in [4.78, 5) is 10.9. The average Bonchev–Trinajstić information content (AvgIpc) is 2.47. The van der Waals surface area contributed by atoms with E-state index < -0.39 is 5.97 Å². The van der Waals surface area contributed by atoms with E-state index in [1.54, 1.807) is 12.1 Å². The Bertz CT molecular complexity index is 637. The van der Waals surface area contributed by atoms with E-state index in [0.29, 0.717) is 5.56 Å². The van der Waals surface area contributed by atoms with Crippen LogP contribution in [-0.4, -0.2) is 11.1 Å². The predicted molar refractivity (Wildman–Crippen MR) is 77.8 cm³/mol. The van der Waals surface area contributed by atoms with Gasteiger partial charge in [0.15, 0.2) is 0 Å². The highest BCUT2D eigenvalue weighted by molar-refractivity contribution is 5.87. The maximum Gasteiger partial charge on any atom is 0.335 e. The molecule has 4 nitrogen and oxygen atoms in total. The molecule has 1 heterocycles. The van der Waals surface area contributed by atoms with Gasteiger partial charge in [-0.2, -0.15) is 0 Å². The molecular formula is C16H16N2O2. The Morgan fingerprint density at radius 2 is 1.85 bits per heavy atom. The van der Waals surface area contributed by atoms with Crippen molar-refractivity contribution in [2.75, 3.05) is 5.32 Å². The van der Waals surface area contributed by atoms with E-state index in [9.17, 15) is 4.79 Å². The smallest absolute Gasteiger partial charge is 0.335 e. The summed E-state index contributed by atoms with van der Waals surface area (Å²) in [7, 11) is 0. The Balaban J connectivity index is 1.88. The number of anilines is 1. The van der Waals surface area contributed by atoms with Crippen LogP contribution in [0.5, 0.6) is 0 Å². The highest BCUT2D eigenvalue weighted by atomic mass is 16.4. The molecule has 0 unspecified atom stereocenters. The summed E-state index contributed by atoms with van der Waals surface area (Å²) in [6, 6.07) is 15.1. The number of carboxylic acids is 1. The lowest BCUT2D eigenvalue weighted by Crippen LogP contribution is -2.26. The molecule has 0 saturated heterocycles. The highest BCUT2D eigenvalue weighted by Gasteiger charge is 2.24. The number of carboxylic acid groups (broad SMARTS) is 1. The van der Waals surface area contributed by atoms with Gasteiger partial charge in [-0.05, 0) is 35.7 Å². The number of para-hydroxylation sites is 1. The number of hydrogen-bond donors (Lipinski definition) is 3. The minimum absolute atomic E-state index is 0.00315. The number of rotatable bonds is 2. The van der Waals surface area contributed by atoms with Crippen molar-refractivity contribution >= 4 is 11.7 Å². The topological polar surface area (TPSA) is 75.4 Å². The number of carbonyl (C=O) groups is 1. The lowest BCUT2D eigenvalue weighted by atomic mass is 9.90. The molecule has 0 radical (unpaired) electrons. The number of aromatic carboxylic acids is 1. The van der Waals surface area contributed by atoms with Gasteiger partial charge in [-0.3, -0.25) is 0 Å². The fourth-order valence-electron chi connectivity index (χ4n) is 2.66. The molecule has 0 saturated carbocycles. The van der Waals surface area contributed by atoms with Gasteiger partial charge in [0.25, 0.3) is 0 Å². The first-order chi connectivity index (χ1) is 9.65. The van der Waals surface area contributed by atoms with Crippen LogP contribution in [0.3, 0.4) is 0 Å². The van der Waals surface area contributed by atoms with Gasteiger partial charge in [-0.15, -0.1) is 0 Å². The molecule has 2 aromatic rings. The summed E-state index contributed by atoms with van der Waals surface area (Å²) in [6.45, 7) is 0. The van der Waals surface area contributed by atoms with Gasteiger partial charge in [0, 0.05) is 11.7 Å². The molecule has 0 aromatic heterocycles. The predicted octanol–water partition coefficient (Wildman–Crippen LogP) is 2.94. The minimum Gasteiger partial charge on any atom is -0.478 e. The zero-order valence-electron chi connectivity index (χ0n) is 10.9. The second-order valence-electron chi connectivity index (χ2n) is 5.05. The van der Waals surface area contributed by atoms with Crippen molar-refractivity contribution < 1.29 is 9.90 Å². The standard InChI is InChI=1S/C16H16N2O2/c17-13-9-15(18-14-4-2-1-3-12(13)14)10-5-7-11(8-6-10)16(19)20/h1-8,13,15,18H,9,17H2,(H,19,20)/t13-,15-/m1/s1. The first kappa shape index (κ1) is 12.7. The normalized spacial score (nSPS) is 20.9. The Labute approximate surface area is 117 Å². The van der Waals surface area contributed by atoms with Crippen LogP contribution in [0.2, 0.25) is 0 Å². The molecule has 3 rings (SSSR count). The van der Waals surface area contributed by atoms with Crippen molar-refractivity contribution in [1.29, 1.82) is 0 Å². The van der Waals surface area contributed by atoms with Gasteiger partial charge >= 0.3 is 5.97 Å². The van der Waals surface area contributed by atoms with E-state index >= 15 is 0 Å². The van der Waals surface area contributed by atoms with Crippen molar-refractivity contribution in [2.45, 2.75) is 18.5 Å². The molecule has 1 aliphatic heterocycles. The van der Waals surface area contributed by atoms with Crippen LogP contribution >= 0.6 is 0 Å². The maximum atomic E-state index is 10.9. The molecule has 4 N–H and O–H groups in total. The largest absolute Gasteiger partial charge is 0.478 e. The summed E-state index contributed by atoms with van der Waals surface area (Å²) in [5, 5.41) is 12.4. The average molecular weight is 268 g/mol. The molecule has 0 fully saturated rings. The second kappa shape index (κ2) is 4.98.